The van der Waals surface area contributed by atoms with Crippen molar-refractivity contribution in [2.75, 3.05) is 0 Å². The van der Waals surface area contributed by atoms with Gasteiger partial charge in [0.2, 0.25) is 0 Å². The first-order valence-electron chi connectivity index (χ1n) is 2.27. The maximum absolute atomic E-state index is 8.49. The number of hydrogen-bond donors (Lipinski definition) is 3. The molecule has 0 aromatic rings. The van der Waals surface area contributed by atoms with Gasteiger partial charge in [-0.05, 0) is 6.92 Å². The highest BCUT2D eigenvalue weighted by molar-refractivity contribution is 6.15. The van der Waals surface area contributed by atoms with E-state index in [0.717, 1.165) is 0 Å². The molecule has 0 aromatic carbocycles. The van der Waals surface area contributed by atoms with Gasteiger partial charge < -0.3 is 19.9 Å². The van der Waals surface area contributed by atoms with Crippen LogP contribution in [0.2, 0.25) is 0 Å². The second-order valence-electron chi connectivity index (χ2n) is 1.43. The van der Waals surface area contributed by atoms with Gasteiger partial charge in [0.1, 0.15) is 6.10 Å². The Bertz CT molecular complexity index is 57.2. The second kappa shape index (κ2) is 3.85. The summed E-state index contributed by atoms with van der Waals surface area (Å²) < 4.78 is 4.16. The number of hydrogen-bond acceptors (Lipinski definition) is 4. The molecular formula is C3H9BO4. The summed E-state index contributed by atoms with van der Waals surface area (Å²) in [6, 6.07) is 0. The number of rotatable bonds is 3. The molecule has 0 fully saturated rings. The fourth-order valence-corrected chi connectivity index (χ4v) is 0.216. The lowest BCUT2D eigenvalue weighted by Crippen LogP contribution is -2.27. The van der Waals surface area contributed by atoms with Crippen LogP contribution >= 0.6 is 0 Å². The zero-order chi connectivity index (χ0) is 6.57. The van der Waals surface area contributed by atoms with Gasteiger partial charge in [0.05, 0.1) is 0 Å². The Morgan fingerprint density at radius 3 is 2.12 bits per heavy atom. The summed E-state index contributed by atoms with van der Waals surface area (Å²) >= 11 is 0. The van der Waals surface area contributed by atoms with Crippen molar-refractivity contribution in [3.63, 3.8) is 0 Å². The van der Waals surface area contributed by atoms with Crippen LogP contribution in [0.4, 0.5) is 0 Å². The van der Waals surface area contributed by atoms with E-state index in [0.29, 0.717) is 0 Å². The van der Waals surface area contributed by atoms with E-state index in [4.69, 9.17) is 15.2 Å². The molecule has 3 N–H and O–H groups in total. The van der Waals surface area contributed by atoms with Crippen LogP contribution in [-0.4, -0.2) is 35.3 Å². The van der Waals surface area contributed by atoms with Crippen molar-refractivity contribution in [1.29, 1.82) is 0 Å². The molecule has 2 unspecified atom stereocenters. The summed E-state index contributed by atoms with van der Waals surface area (Å²) in [5.74, 6) is 0. The summed E-state index contributed by atoms with van der Waals surface area (Å²) in [4.78, 5) is 0. The minimum absolute atomic E-state index is 0.577. The highest BCUT2D eigenvalue weighted by Gasteiger charge is 2.09. The Balaban J connectivity index is 3.17. The molecule has 0 spiro atoms. The Labute approximate surface area is 48.0 Å². The first kappa shape index (κ1) is 7.90. The summed E-state index contributed by atoms with van der Waals surface area (Å²) in [5.41, 5.74) is 0. The molecule has 0 aliphatic rings. The van der Waals surface area contributed by atoms with E-state index >= 15 is 0 Å². The van der Waals surface area contributed by atoms with E-state index in [1.54, 1.807) is 0 Å². The average molecular weight is 120 g/mol. The molecule has 2 atom stereocenters. The van der Waals surface area contributed by atoms with Crippen LogP contribution in [0.1, 0.15) is 6.92 Å². The van der Waals surface area contributed by atoms with Crippen LogP contribution in [0.25, 0.3) is 0 Å². The predicted octanol–water partition coefficient (Wildman–Crippen LogP) is -2.04. The topological polar surface area (TPSA) is 69.9 Å². The molecule has 5 heteroatoms. The van der Waals surface area contributed by atoms with Gasteiger partial charge >= 0.3 is 7.69 Å². The lowest BCUT2D eigenvalue weighted by Gasteiger charge is -2.11. The van der Waals surface area contributed by atoms with Gasteiger partial charge in [0, 0.05) is 0 Å². The van der Waals surface area contributed by atoms with Gasteiger partial charge in [-0.3, -0.25) is 0 Å². The zero-order valence-electron chi connectivity index (χ0n) is 4.61. The van der Waals surface area contributed by atoms with Gasteiger partial charge in [0.25, 0.3) is 0 Å². The van der Waals surface area contributed by atoms with E-state index in [1.165, 1.54) is 6.92 Å². The standard InChI is InChI=1S/C3H9BO4/c1-2(5)3(6)8-4-7/h2-7H,1H3. The summed E-state index contributed by atoms with van der Waals surface area (Å²) in [5, 5.41) is 25.0. The molecule has 0 heterocycles. The Morgan fingerprint density at radius 2 is 2.00 bits per heavy atom. The van der Waals surface area contributed by atoms with E-state index in [2.05, 4.69) is 4.65 Å². The minimum Gasteiger partial charge on any atom is -0.430 e. The van der Waals surface area contributed by atoms with Crippen LogP contribution in [0, 0.1) is 0 Å². The van der Waals surface area contributed by atoms with E-state index in [-0.39, 0.29) is 0 Å². The Hall–Kier alpha value is -0.0951. The molecule has 0 amide bonds. The molecule has 0 aliphatic heterocycles. The zero-order valence-corrected chi connectivity index (χ0v) is 4.61. The second-order valence-corrected chi connectivity index (χ2v) is 1.43. The molecule has 8 heavy (non-hydrogen) atoms. The summed E-state index contributed by atoms with van der Waals surface area (Å²) in [6.07, 6.45) is -2.23. The summed E-state index contributed by atoms with van der Waals surface area (Å²) in [7, 11) is -0.577. The van der Waals surface area contributed by atoms with Gasteiger partial charge in [-0.2, -0.15) is 0 Å². The molecule has 0 saturated carbocycles. The molecular weight excluding hydrogens is 111 g/mol. The van der Waals surface area contributed by atoms with Crippen LogP contribution in [0.5, 0.6) is 0 Å². The molecule has 0 saturated heterocycles. The normalized spacial score (nSPS) is 17.5. The lowest BCUT2D eigenvalue weighted by molar-refractivity contribution is -0.101. The maximum atomic E-state index is 8.49. The maximum Gasteiger partial charge on any atom is 0.437 e. The molecule has 48 valence electrons. The van der Waals surface area contributed by atoms with Crippen LogP contribution < -0.4 is 0 Å². The Kier molecular flexibility index (Phi) is 3.81. The van der Waals surface area contributed by atoms with Crippen molar-refractivity contribution < 1.29 is 19.9 Å². The molecule has 0 radical (unpaired) electrons. The van der Waals surface area contributed by atoms with E-state index in [9.17, 15) is 0 Å². The van der Waals surface area contributed by atoms with Gasteiger partial charge in [-0.15, -0.1) is 0 Å². The van der Waals surface area contributed by atoms with Crippen LogP contribution in [0.3, 0.4) is 0 Å². The Morgan fingerprint density at radius 1 is 1.50 bits per heavy atom. The fraction of sp³-hybridized carbons (Fsp3) is 1.00. The first-order valence-corrected chi connectivity index (χ1v) is 2.27. The smallest absolute Gasteiger partial charge is 0.430 e. The van der Waals surface area contributed by atoms with E-state index in [1.807, 2.05) is 0 Å². The van der Waals surface area contributed by atoms with Crippen molar-refractivity contribution in [1.82, 2.24) is 0 Å². The average Bonchev–Trinajstić information content (AvgIpc) is 1.67. The van der Waals surface area contributed by atoms with Crippen LogP contribution in [0.15, 0.2) is 0 Å². The van der Waals surface area contributed by atoms with Crippen molar-refractivity contribution in [3.05, 3.63) is 0 Å². The third kappa shape index (κ3) is 2.98. The van der Waals surface area contributed by atoms with Crippen LogP contribution in [-0.2, 0) is 4.65 Å². The highest BCUT2D eigenvalue weighted by Crippen LogP contribution is 1.90. The lowest BCUT2D eigenvalue weighted by atomic mass is 10.3. The third-order valence-electron chi connectivity index (χ3n) is 0.658. The first-order chi connectivity index (χ1) is 3.68. The van der Waals surface area contributed by atoms with Crippen molar-refractivity contribution in [2.45, 2.75) is 19.3 Å². The molecule has 4 nitrogen and oxygen atoms in total. The minimum atomic E-state index is -1.28. The van der Waals surface area contributed by atoms with Gasteiger partial charge in [-0.1, -0.05) is 0 Å². The predicted molar refractivity (Wildman–Crippen MR) is 28.1 cm³/mol. The number of aliphatic hydroxyl groups excluding tert-OH is 2. The molecule has 0 rings (SSSR count). The van der Waals surface area contributed by atoms with Crippen molar-refractivity contribution >= 4 is 7.69 Å². The summed E-state index contributed by atoms with van der Waals surface area (Å²) in [6.45, 7) is 1.36. The SMILES string of the molecule is CC(O)C(O)OBO. The van der Waals surface area contributed by atoms with Gasteiger partial charge in [0.15, 0.2) is 6.29 Å². The quantitative estimate of drug-likeness (QED) is 0.296. The molecule has 0 bridgehead atoms. The van der Waals surface area contributed by atoms with Crippen molar-refractivity contribution in [3.8, 4) is 0 Å². The van der Waals surface area contributed by atoms with E-state index < -0.39 is 20.1 Å². The van der Waals surface area contributed by atoms with Crippen molar-refractivity contribution in [2.24, 2.45) is 0 Å². The monoisotopic (exact) mass is 120 g/mol. The van der Waals surface area contributed by atoms with Gasteiger partial charge in [-0.25, -0.2) is 0 Å². The third-order valence-corrected chi connectivity index (χ3v) is 0.658. The molecule has 0 aliphatic carbocycles. The number of aliphatic hydroxyl groups is 2. The highest BCUT2D eigenvalue weighted by atomic mass is 16.6. The molecule has 0 aromatic heterocycles. The fourth-order valence-electron chi connectivity index (χ4n) is 0.216. The largest absolute Gasteiger partial charge is 0.437 e.